The fourth-order valence-corrected chi connectivity index (χ4v) is 2.04. The van der Waals surface area contributed by atoms with Crippen LogP contribution in [-0.4, -0.2) is 17.2 Å². The highest BCUT2D eigenvalue weighted by Gasteiger charge is 2.11. The van der Waals surface area contributed by atoms with Crippen LogP contribution >= 0.6 is 11.3 Å². The van der Waals surface area contributed by atoms with Crippen molar-refractivity contribution in [1.82, 2.24) is 10.2 Å². The van der Waals surface area contributed by atoms with Gasteiger partial charge in [0.1, 0.15) is 11.5 Å². The molecule has 0 aliphatic heterocycles. The molecule has 5 heteroatoms. The van der Waals surface area contributed by atoms with E-state index in [9.17, 15) is 0 Å². The molecule has 0 amide bonds. The molecule has 0 radical (unpaired) electrons. The molecule has 0 bridgehead atoms. The van der Waals surface area contributed by atoms with Gasteiger partial charge in [0.15, 0.2) is 5.01 Å². The van der Waals surface area contributed by atoms with Gasteiger partial charge in [-0.3, -0.25) is 0 Å². The molecule has 14 heavy (non-hydrogen) atoms. The molecule has 2 heterocycles. The van der Waals surface area contributed by atoms with Crippen LogP contribution in [0.25, 0.3) is 10.6 Å². The summed E-state index contributed by atoms with van der Waals surface area (Å²) in [6.07, 6.45) is 0. The number of furan rings is 1. The summed E-state index contributed by atoms with van der Waals surface area (Å²) in [6, 6.07) is 1.98. The summed E-state index contributed by atoms with van der Waals surface area (Å²) in [4.78, 5) is 0. The van der Waals surface area contributed by atoms with Gasteiger partial charge in [-0.2, -0.15) is 0 Å². The molecule has 2 aromatic heterocycles. The molecule has 0 aliphatic carbocycles. The quantitative estimate of drug-likeness (QED) is 0.825. The molecule has 4 nitrogen and oxygen atoms in total. The number of hydrogen-bond donors (Lipinski definition) is 1. The molecule has 2 aromatic rings. The number of aromatic nitrogens is 2. The zero-order valence-electron chi connectivity index (χ0n) is 8.29. The van der Waals surface area contributed by atoms with Gasteiger partial charge in [0, 0.05) is 7.05 Å². The molecule has 1 N–H and O–H groups in total. The van der Waals surface area contributed by atoms with E-state index in [1.807, 2.05) is 27.0 Å². The van der Waals surface area contributed by atoms with E-state index in [0.29, 0.717) is 0 Å². The predicted octanol–water partition coefficient (Wildman–Crippen LogP) is 2.46. The molecular weight excluding hydrogens is 198 g/mol. The fourth-order valence-electron chi connectivity index (χ4n) is 1.28. The zero-order valence-corrected chi connectivity index (χ0v) is 9.10. The maximum atomic E-state index is 5.43. The summed E-state index contributed by atoms with van der Waals surface area (Å²) in [5.74, 6) is 1.79. The summed E-state index contributed by atoms with van der Waals surface area (Å²) in [5, 5.41) is 12.7. The van der Waals surface area contributed by atoms with Crippen molar-refractivity contribution in [3.63, 3.8) is 0 Å². The standard InChI is InChI=1S/C9H11N3OS/c1-5-4-7(6(2)13-5)8-11-12-9(10-3)14-8/h4H,1-3H3,(H,10,12). The van der Waals surface area contributed by atoms with Crippen LogP contribution in [0, 0.1) is 13.8 Å². The smallest absolute Gasteiger partial charge is 0.205 e. The summed E-state index contributed by atoms with van der Waals surface area (Å²) in [7, 11) is 1.83. The van der Waals surface area contributed by atoms with Crippen molar-refractivity contribution in [2.24, 2.45) is 0 Å². The topological polar surface area (TPSA) is 51.0 Å². The Morgan fingerprint density at radius 2 is 2.14 bits per heavy atom. The average molecular weight is 209 g/mol. The first-order valence-electron chi connectivity index (χ1n) is 4.29. The van der Waals surface area contributed by atoms with Crippen LogP contribution in [-0.2, 0) is 0 Å². The maximum absolute atomic E-state index is 5.43. The van der Waals surface area contributed by atoms with E-state index in [2.05, 4.69) is 15.5 Å². The monoisotopic (exact) mass is 209 g/mol. The van der Waals surface area contributed by atoms with Crippen molar-refractivity contribution in [3.05, 3.63) is 17.6 Å². The van der Waals surface area contributed by atoms with Gasteiger partial charge in [-0.05, 0) is 19.9 Å². The lowest BCUT2D eigenvalue weighted by molar-refractivity contribution is 0.505. The van der Waals surface area contributed by atoms with Gasteiger partial charge >= 0.3 is 0 Å². The van der Waals surface area contributed by atoms with E-state index in [1.165, 1.54) is 11.3 Å². The summed E-state index contributed by atoms with van der Waals surface area (Å²) in [6.45, 7) is 3.86. The van der Waals surface area contributed by atoms with Gasteiger partial charge in [-0.25, -0.2) is 0 Å². The Bertz CT molecular complexity index is 447. The maximum Gasteiger partial charge on any atom is 0.205 e. The lowest BCUT2D eigenvalue weighted by Crippen LogP contribution is -1.84. The molecule has 74 valence electrons. The number of nitrogens with one attached hydrogen (secondary N) is 1. The molecule has 0 spiro atoms. The van der Waals surface area contributed by atoms with Crippen LogP contribution in [0.5, 0.6) is 0 Å². The van der Waals surface area contributed by atoms with E-state index in [1.54, 1.807) is 0 Å². The van der Waals surface area contributed by atoms with Crippen LogP contribution in [0.4, 0.5) is 5.13 Å². The van der Waals surface area contributed by atoms with Crippen LogP contribution in [0.1, 0.15) is 11.5 Å². The SMILES string of the molecule is CNc1nnc(-c2cc(C)oc2C)s1. The van der Waals surface area contributed by atoms with Gasteiger partial charge in [-0.15, -0.1) is 10.2 Å². The number of rotatable bonds is 2. The highest BCUT2D eigenvalue weighted by atomic mass is 32.1. The first-order valence-corrected chi connectivity index (χ1v) is 5.11. The Balaban J connectivity index is 2.43. The first-order chi connectivity index (χ1) is 6.70. The van der Waals surface area contributed by atoms with E-state index >= 15 is 0 Å². The summed E-state index contributed by atoms with van der Waals surface area (Å²) in [5.41, 5.74) is 1.03. The van der Waals surface area contributed by atoms with Gasteiger partial charge < -0.3 is 9.73 Å². The lowest BCUT2D eigenvalue weighted by Gasteiger charge is -1.88. The third-order valence-electron chi connectivity index (χ3n) is 1.91. The minimum atomic E-state index is 0.818. The molecule has 0 saturated carbocycles. The highest BCUT2D eigenvalue weighted by Crippen LogP contribution is 2.30. The average Bonchev–Trinajstić information content (AvgIpc) is 2.71. The Labute approximate surface area is 86.0 Å². The molecular formula is C9H11N3OS. The zero-order chi connectivity index (χ0) is 10.1. The number of nitrogens with zero attached hydrogens (tertiary/aromatic N) is 2. The van der Waals surface area contributed by atoms with Gasteiger partial charge in [0.2, 0.25) is 5.13 Å². The predicted molar refractivity (Wildman–Crippen MR) is 56.6 cm³/mol. The molecule has 0 fully saturated rings. The summed E-state index contributed by atoms with van der Waals surface area (Å²) >= 11 is 1.52. The Morgan fingerprint density at radius 3 is 2.64 bits per heavy atom. The van der Waals surface area contributed by atoms with Crippen LogP contribution < -0.4 is 5.32 Å². The second-order valence-electron chi connectivity index (χ2n) is 2.99. The number of hydrogen-bond acceptors (Lipinski definition) is 5. The van der Waals surface area contributed by atoms with E-state index in [-0.39, 0.29) is 0 Å². The lowest BCUT2D eigenvalue weighted by atomic mass is 10.2. The summed E-state index contributed by atoms with van der Waals surface area (Å²) < 4.78 is 5.43. The number of anilines is 1. The van der Waals surface area contributed by atoms with Gasteiger partial charge in [-0.1, -0.05) is 11.3 Å². The third-order valence-corrected chi connectivity index (χ3v) is 2.88. The second kappa shape index (κ2) is 3.42. The minimum Gasteiger partial charge on any atom is -0.466 e. The van der Waals surface area contributed by atoms with Crippen molar-refractivity contribution in [2.45, 2.75) is 13.8 Å². The van der Waals surface area contributed by atoms with Crippen molar-refractivity contribution in [3.8, 4) is 10.6 Å². The molecule has 0 saturated heterocycles. The Kier molecular flexibility index (Phi) is 2.25. The normalized spacial score (nSPS) is 10.5. The van der Waals surface area contributed by atoms with Crippen molar-refractivity contribution in [1.29, 1.82) is 0 Å². The Morgan fingerprint density at radius 1 is 1.36 bits per heavy atom. The van der Waals surface area contributed by atoms with Crippen molar-refractivity contribution in [2.75, 3.05) is 12.4 Å². The molecule has 0 unspecified atom stereocenters. The van der Waals surface area contributed by atoms with E-state index < -0.39 is 0 Å². The first kappa shape index (κ1) is 9.21. The Hall–Kier alpha value is -1.36. The molecule has 0 aromatic carbocycles. The van der Waals surface area contributed by atoms with Crippen molar-refractivity contribution < 1.29 is 4.42 Å². The third kappa shape index (κ3) is 1.50. The second-order valence-corrected chi connectivity index (χ2v) is 3.97. The van der Waals surface area contributed by atoms with Crippen LogP contribution in [0.3, 0.4) is 0 Å². The van der Waals surface area contributed by atoms with Gasteiger partial charge in [0.05, 0.1) is 5.56 Å². The largest absolute Gasteiger partial charge is 0.466 e. The van der Waals surface area contributed by atoms with Crippen LogP contribution in [0.15, 0.2) is 10.5 Å². The van der Waals surface area contributed by atoms with E-state index in [4.69, 9.17) is 4.42 Å². The minimum absolute atomic E-state index is 0.818. The highest BCUT2D eigenvalue weighted by molar-refractivity contribution is 7.18. The van der Waals surface area contributed by atoms with Crippen LogP contribution in [0.2, 0.25) is 0 Å². The molecule has 0 aliphatic rings. The number of aryl methyl sites for hydroxylation is 2. The van der Waals surface area contributed by atoms with E-state index in [0.717, 1.165) is 27.2 Å². The molecule has 2 rings (SSSR count). The molecule has 0 atom stereocenters. The van der Waals surface area contributed by atoms with Crippen molar-refractivity contribution >= 4 is 16.5 Å². The fraction of sp³-hybridized carbons (Fsp3) is 0.333. The van der Waals surface area contributed by atoms with Gasteiger partial charge in [0.25, 0.3) is 0 Å².